The number of rotatable bonds is 3. The van der Waals surface area contributed by atoms with Crippen LogP contribution in [-0.4, -0.2) is 54.4 Å². The summed E-state index contributed by atoms with van der Waals surface area (Å²) in [6.45, 7) is 8.93. The molecule has 2 fully saturated rings. The minimum absolute atomic E-state index is 0.0939. The average Bonchev–Trinajstić information content (AvgIpc) is 3.51. The summed E-state index contributed by atoms with van der Waals surface area (Å²) >= 11 is 0. The number of carbonyl (C=O) groups excluding carboxylic acids is 1. The number of amides is 1. The predicted molar refractivity (Wildman–Crippen MR) is 125 cm³/mol. The minimum atomic E-state index is -0.525. The lowest BCUT2D eigenvalue weighted by atomic mass is 9.93. The quantitative estimate of drug-likeness (QED) is 0.615. The summed E-state index contributed by atoms with van der Waals surface area (Å²) in [5.41, 5.74) is 1.30. The van der Waals surface area contributed by atoms with Gasteiger partial charge in [0.2, 0.25) is 11.7 Å². The van der Waals surface area contributed by atoms with Crippen molar-refractivity contribution in [2.45, 2.75) is 77.2 Å². The van der Waals surface area contributed by atoms with Gasteiger partial charge in [-0.25, -0.2) is 9.31 Å². The van der Waals surface area contributed by atoms with Crippen molar-refractivity contribution < 1.29 is 14.1 Å². The van der Waals surface area contributed by atoms with E-state index in [-0.39, 0.29) is 23.5 Å². The van der Waals surface area contributed by atoms with Gasteiger partial charge in [-0.05, 0) is 52.4 Å². The van der Waals surface area contributed by atoms with Crippen molar-refractivity contribution in [3.05, 3.63) is 34.2 Å². The highest BCUT2D eigenvalue weighted by atomic mass is 16.6. The molecule has 5 rings (SSSR count). The lowest BCUT2D eigenvalue weighted by Gasteiger charge is -2.33. The number of hydrogen-bond donors (Lipinski definition) is 1. The monoisotopic (exact) mass is 468 g/mol. The Kier molecular flexibility index (Phi) is 5.69. The van der Waals surface area contributed by atoms with Gasteiger partial charge in [0.25, 0.3) is 5.56 Å². The number of aromatic amines is 1. The number of aromatic nitrogens is 5. The number of nitrogens with zero attached hydrogens (tertiary/aromatic N) is 5. The van der Waals surface area contributed by atoms with Crippen LogP contribution in [0.3, 0.4) is 0 Å². The summed E-state index contributed by atoms with van der Waals surface area (Å²) in [5.74, 6) is 2.00. The lowest BCUT2D eigenvalue weighted by molar-refractivity contribution is 0.0203. The summed E-state index contributed by atoms with van der Waals surface area (Å²) in [6, 6.07) is 1.60. The molecule has 1 aliphatic heterocycles. The molecule has 0 bridgehead atoms. The molecular weight excluding hydrogens is 436 g/mol. The van der Waals surface area contributed by atoms with Gasteiger partial charge in [-0.15, -0.1) is 0 Å². The zero-order valence-corrected chi connectivity index (χ0v) is 20.2. The second kappa shape index (κ2) is 8.56. The fraction of sp³-hybridized carbons (Fsp3) is 0.625. The molecule has 182 valence electrons. The topological polar surface area (TPSA) is 119 Å². The molecule has 10 heteroatoms. The van der Waals surface area contributed by atoms with Crippen molar-refractivity contribution in [2.24, 2.45) is 5.92 Å². The Morgan fingerprint density at radius 1 is 1.21 bits per heavy atom. The van der Waals surface area contributed by atoms with E-state index >= 15 is 0 Å². The van der Waals surface area contributed by atoms with Crippen LogP contribution in [0.4, 0.5) is 4.79 Å². The van der Waals surface area contributed by atoms with Crippen LogP contribution < -0.4 is 5.56 Å². The first-order chi connectivity index (χ1) is 16.2. The number of likely N-dealkylation sites (tertiary alicyclic amines) is 1. The van der Waals surface area contributed by atoms with E-state index in [1.165, 1.54) is 12.8 Å². The molecular formula is C24H32N6O4. The summed E-state index contributed by atoms with van der Waals surface area (Å²) < 4.78 is 12.9. The van der Waals surface area contributed by atoms with Gasteiger partial charge in [0.05, 0.1) is 17.5 Å². The normalized spacial score (nSPS) is 21.9. The van der Waals surface area contributed by atoms with Gasteiger partial charge in [-0.2, -0.15) is 10.1 Å². The van der Waals surface area contributed by atoms with Crippen molar-refractivity contribution in [3.8, 4) is 11.4 Å². The van der Waals surface area contributed by atoms with Crippen molar-refractivity contribution in [3.63, 3.8) is 0 Å². The van der Waals surface area contributed by atoms with Crippen LogP contribution in [0.25, 0.3) is 17.0 Å². The van der Waals surface area contributed by atoms with Crippen molar-refractivity contribution >= 4 is 11.7 Å². The van der Waals surface area contributed by atoms with E-state index in [1.807, 2.05) is 20.8 Å². The van der Waals surface area contributed by atoms with Gasteiger partial charge < -0.3 is 19.1 Å². The Morgan fingerprint density at radius 3 is 2.65 bits per heavy atom. The van der Waals surface area contributed by atoms with Gasteiger partial charge in [0.1, 0.15) is 11.2 Å². The zero-order valence-electron chi connectivity index (χ0n) is 20.2. The molecule has 1 saturated heterocycles. The second-order valence-corrected chi connectivity index (χ2v) is 10.6. The van der Waals surface area contributed by atoms with Crippen LogP contribution in [0.5, 0.6) is 0 Å². The van der Waals surface area contributed by atoms with Crippen molar-refractivity contribution in [1.82, 2.24) is 29.6 Å². The van der Waals surface area contributed by atoms with Gasteiger partial charge in [-0.1, -0.05) is 18.5 Å². The molecule has 4 heterocycles. The number of H-pyrrole nitrogens is 1. The molecule has 10 nitrogen and oxygen atoms in total. The molecule has 34 heavy (non-hydrogen) atoms. The average molecular weight is 469 g/mol. The second-order valence-electron chi connectivity index (χ2n) is 10.6. The van der Waals surface area contributed by atoms with Crippen molar-refractivity contribution in [2.75, 3.05) is 13.1 Å². The third kappa shape index (κ3) is 4.33. The maximum Gasteiger partial charge on any atom is 0.410 e. The molecule has 3 aromatic heterocycles. The highest BCUT2D eigenvalue weighted by Crippen LogP contribution is 2.39. The van der Waals surface area contributed by atoms with E-state index in [9.17, 15) is 9.59 Å². The zero-order chi connectivity index (χ0) is 24.0. The largest absolute Gasteiger partial charge is 0.444 e. The number of nitrogens with one attached hydrogen (secondary N) is 1. The maximum absolute atomic E-state index is 12.6. The molecule has 2 atom stereocenters. The SMILES string of the molecule is CC1CCCC1c1nc(-c2cnn3c(C4CCN(C(=O)OC(C)(C)C)CC4)cc(=O)[nH]c23)no1. The van der Waals surface area contributed by atoms with Crippen molar-refractivity contribution in [1.29, 1.82) is 0 Å². The Morgan fingerprint density at radius 2 is 1.97 bits per heavy atom. The van der Waals surface area contributed by atoms with E-state index in [4.69, 9.17) is 9.26 Å². The first-order valence-corrected chi connectivity index (χ1v) is 12.1. The van der Waals surface area contributed by atoms with Crippen LogP contribution in [0.1, 0.15) is 83.2 Å². The number of piperidine rings is 1. The highest BCUT2D eigenvalue weighted by Gasteiger charge is 2.31. The van der Waals surface area contributed by atoms with Gasteiger partial charge >= 0.3 is 6.09 Å². The van der Waals surface area contributed by atoms with Crippen LogP contribution in [0.15, 0.2) is 21.6 Å². The summed E-state index contributed by atoms with van der Waals surface area (Å²) in [5, 5.41) is 8.75. The van der Waals surface area contributed by atoms with Gasteiger partial charge in [0.15, 0.2) is 0 Å². The number of ether oxygens (including phenoxy) is 1. The van der Waals surface area contributed by atoms with E-state index in [0.29, 0.717) is 41.9 Å². The van der Waals surface area contributed by atoms with Crippen LogP contribution in [0.2, 0.25) is 0 Å². The minimum Gasteiger partial charge on any atom is -0.444 e. The molecule has 2 aliphatic rings. The number of hydrogen-bond acceptors (Lipinski definition) is 7. The fourth-order valence-electron chi connectivity index (χ4n) is 5.16. The Hall–Kier alpha value is -3.17. The molecule has 0 radical (unpaired) electrons. The first-order valence-electron chi connectivity index (χ1n) is 12.1. The molecule has 2 unspecified atom stereocenters. The summed E-state index contributed by atoms with van der Waals surface area (Å²) in [6.07, 6.45) is 6.22. The highest BCUT2D eigenvalue weighted by molar-refractivity contribution is 5.72. The lowest BCUT2D eigenvalue weighted by Crippen LogP contribution is -2.41. The molecule has 1 saturated carbocycles. The Bertz CT molecular complexity index is 1240. The number of carbonyl (C=O) groups is 1. The third-order valence-corrected chi connectivity index (χ3v) is 6.96. The molecule has 1 N–H and O–H groups in total. The molecule has 1 amide bonds. The smallest absolute Gasteiger partial charge is 0.410 e. The molecule has 3 aromatic rings. The predicted octanol–water partition coefficient (Wildman–Crippen LogP) is 4.09. The van der Waals surface area contributed by atoms with Crippen LogP contribution in [0, 0.1) is 5.92 Å². The van der Waals surface area contributed by atoms with E-state index in [2.05, 4.69) is 27.1 Å². The number of fused-ring (bicyclic) bond motifs is 1. The molecule has 1 aliphatic carbocycles. The van der Waals surface area contributed by atoms with Crippen LogP contribution in [-0.2, 0) is 4.74 Å². The third-order valence-electron chi connectivity index (χ3n) is 6.96. The van der Waals surface area contributed by atoms with Gasteiger partial charge in [0, 0.05) is 31.0 Å². The Labute approximate surface area is 197 Å². The fourth-order valence-corrected chi connectivity index (χ4v) is 5.16. The van der Waals surface area contributed by atoms with Crippen LogP contribution >= 0.6 is 0 Å². The van der Waals surface area contributed by atoms with Gasteiger partial charge in [-0.3, -0.25) is 4.79 Å². The summed E-state index contributed by atoms with van der Waals surface area (Å²) in [4.78, 5) is 34.3. The van der Waals surface area contributed by atoms with E-state index in [1.54, 1.807) is 21.7 Å². The Balaban J connectivity index is 1.38. The first kappa shape index (κ1) is 22.6. The van der Waals surface area contributed by atoms with E-state index in [0.717, 1.165) is 25.0 Å². The summed E-state index contributed by atoms with van der Waals surface area (Å²) in [7, 11) is 0. The molecule has 0 aromatic carbocycles. The maximum atomic E-state index is 12.6. The van der Waals surface area contributed by atoms with E-state index < -0.39 is 5.60 Å². The molecule has 0 spiro atoms. The standard InChI is InChI=1S/C24H32N6O4/c1-14-6-5-7-16(14)22-27-20(28-34-22)17-13-25-30-18(12-19(31)26-21(17)30)15-8-10-29(11-9-15)23(32)33-24(2,3)4/h12-16H,5-11H2,1-4H3,(H,26,31).